The van der Waals surface area contributed by atoms with Gasteiger partial charge in [0, 0.05) is 35.9 Å². The van der Waals surface area contributed by atoms with Crippen molar-refractivity contribution < 1.29 is 46.6 Å². The molecule has 4 atom stereocenters. The number of hydrogen-bond donors (Lipinski definition) is 4. The summed E-state index contributed by atoms with van der Waals surface area (Å²) in [5.74, 6) is -2.23. The number of likely N-dealkylation sites (tertiary alicyclic amines) is 1. The summed E-state index contributed by atoms with van der Waals surface area (Å²) in [6, 6.07) is 23.5. The van der Waals surface area contributed by atoms with Gasteiger partial charge in [0.2, 0.25) is 5.91 Å². The molecule has 6 rings (SSSR count). The van der Waals surface area contributed by atoms with Crippen LogP contribution >= 0.6 is 11.6 Å². The molecule has 0 bridgehead atoms. The van der Waals surface area contributed by atoms with E-state index < -0.39 is 68.5 Å². The molecule has 5 N–H and O–H groups in total. The predicted molar refractivity (Wildman–Crippen MR) is 235 cm³/mol. The number of pyridine rings is 1. The average Bonchev–Trinajstić information content (AvgIpc) is 3.75. The number of alkyl carbamates (subject to hydrolysis) is 1. The minimum Gasteiger partial charge on any atom is -0.497 e. The molecule has 334 valence electrons. The Balaban J connectivity index is 1.42. The number of hydrogen-bond acceptors (Lipinski definition) is 13. The number of benzene rings is 3. The number of ketones is 2. The maximum absolute atomic E-state index is 15.6. The normalized spacial score (nSPS) is 21.9. The van der Waals surface area contributed by atoms with Crippen LogP contribution in [0.25, 0.3) is 22.2 Å². The number of rotatable bonds is 18. The van der Waals surface area contributed by atoms with Crippen molar-refractivity contribution in [3.63, 3.8) is 0 Å². The summed E-state index contributed by atoms with van der Waals surface area (Å²) in [5.41, 5.74) is 1.03. The van der Waals surface area contributed by atoms with Crippen molar-refractivity contribution in [3.8, 4) is 22.8 Å². The Morgan fingerprint density at radius 1 is 1.02 bits per heavy atom. The number of aromatic nitrogens is 1. The van der Waals surface area contributed by atoms with Gasteiger partial charge in [0.15, 0.2) is 17.2 Å². The second-order valence-corrected chi connectivity index (χ2v) is 18.5. The van der Waals surface area contributed by atoms with Crippen molar-refractivity contribution in [1.29, 1.82) is 0 Å². The molecule has 2 fully saturated rings. The monoisotopic (exact) mass is 902 g/mol. The van der Waals surface area contributed by atoms with Gasteiger partial charge >= 0.3 is 6.09 Å². The average molecular weight is 903 g/mol. The Kier molecular flexibility index (Phi) is 13.7. The number of Topliss-reactive ketones (excluding diaryl/α,β-unsaturated/α-hetero) is 2. The van der Waals surface area contributed by atoms with Gasteiger partial charge in [0.05, 0.1) is 47.6 Å². The quantitative estimate of drug-likeness (QED) is 0.0608. The molecular weight excluding hydrogens is 852 g/mol. The summed E-state index contributed by atoms with van der Waals surface area (Å²) in [5, 5.41) is 6.22. The third kappa shape index (κ3) is 9.86. The van der Waals surface area contributed by atoms with Crippen molar-refractivity contribution in [3.05, 3.63) is 97.6 Å². The number of amides is 3. The number of halogens is 1. The second kappa shape index (κ2) is 18.5. The van der Waals surface area contributed by atoms with Gasteiger partial charge in [-0.05, 0) is 64.4 Å². The van der Waals surface area contributed by atoms with Gasteiger partial charge < -0.3 is 30.2 Å². The number of nitrogens with one attached hydrogen (secondary N) is 3. The lowest BCUT2D eigenvalue weighted by molar-refractivity contribution is -0.148. The lowest BCUT2D eigenvalue weighted by atomic mass is 9.83. The lowest BCUT2D eigenvalue weighted by Crippen LogP contribution is -2.67. The van der Waals surface area contributed by atoms with Crippen molar-refractivity contribution >= 4 is 62.0 Å². The highest BCUT2D eigenvalue weighted by molar-refractivity contribution is 7.90. The van der Waals surface area contributed by atoms with E-state index in [2.05, 4.69) is 17.2 Å². The van der Waals surface area contributed by atoms with Crippen LogP contribution in [0.1, 0.15) is 46.5 Å². The number of carbonyl (C=O) groups is 5. The second-order valence-electron chi connectivity index (χ2n) is 16.5. The molecule has 2 aliphatic rings. The van der Waals surface area contributed by atoms with Crippen LogP contribution in [0.15, 0.2) is 102 Å². The zero-order chi connectivity index (χ0) is 45.8. The van der Waals surface area contributed by atoms with Gasteiger partial charge in [-0.15, -0.1) is 18.2 Å². The number of nitrogens with zero attached hydrogens (tertiary/aromatic N) is 2. The molecule has 63 heavy (non-hydrogen) atoms. The van der Waals surface area contributed by atoms with Crippen LogP contribution < -0.4 is 30.6 Å². The zero-order valence-corrected chi connectivity index (χ0v) is 37.0. The van der Waals surface area contributed by atoms with Crippen molar-refractivity contribution in [1.82, 2.24) is 25.2 Å². The smallest absolute Gasteiger partial charge is 0.409 e. The van der Waals surface area contributed by atoms with E-state index in [-0.39, 0.29) is 55.5 Å². The molecule has 0 unspecified atom stereocenters. The first kappa shape index (κ1) is 46.6. The first-order valence-electron chi connectivity index (χ1n) is 20.2. The van der Waals surface area contributed by atoms with Gasteiger partial charge in [-0.25, -0.2) is 22.9 Å². The van der Waals surface area contributed by atoms with E-state index in [1.807, 2.05) is 35.1 Å². The van der Waals surface area contributed by atoms with E-state index in [1.54, 1.807) is 51.1 Å². The minimum absolute atomic E-state index is 0.0147. The van der Waals surface area contributed by atoms with Crippen LogP contribution in [0.3, 0.4) is 0 Å². The highest BCUT2D eigenvalue weighted by atomic mass is 35.5. The lowest BCUT2D eigenvalue weighted by Gasteiger charge is -2.40. The summed E-state index contributed by atoms with van der Waals surface area (Å²) in [6.45, 7) is 8.68. The van der Waals surface area contributed by atoms with Crippen LogP contribution in [0.4, 0.5) is 4.79 Å². The molecule has 3 amide bonds. The molecule has 4 aromatic rings. The van der Waals surface area contributed by atoms with Crippen LogP contribution in [-0.2, 0) is 33.9 Å². The SMILES string of the molecule is C=C[C@@]1(C(=O)[C@]2(NC(=O)OC(C)(C)C)C[C@@H](Oc3cc(-c4ccccc4)nc4cc(OC)ccc34)CN2C(=O)CCCNCC(=O)CCl)C[C@]1(N)C(=O)NS(=O)(=O)c1ccccc1. The van der Waals surface area contributed by atoms with Gasteiger partial charge in [0.1, 0.15) is 28.7 Å². The number of alkyl halides is 1. The van der Waals surface area contributed by atoms with Crippen molar-refractivity contribution in [2.75, 3.05) is 32.6 Å². The van der Waals surface area contributed by atoms with Gasteiger partial charge in [-0.2, -0.15) is 0 Å². The topological polar surface area (TPSA) is 225 Å². The van der Waals surface area contributed by atoms with E-state index in [0.717, 1.165) is 11.6 Å². The third-order valence-corrected chi connectivity index (χ3v) is 12.6. The fourth-order valence-electron chi connectivity index (χ4n) is 7.78. The van der Waals surface area contributed by atoms with E-state index in [9.17, 15) is 27.6 Å². The van der Waals surface area contributed by atoms with E-state index in [1.165, 1.54) is 36.3 Å². The Bertz CT molecular complexity index is 2520. The minimum atomic E-state index is -4.44. The molecule has 0 spiro atoms. The fraction of sp³-hybridized carbons (Fsp3) is 0.378. The first-order chi connectivity index (χ1) is 29.8. The summed E-state index contributed by atoms with van der Waals surface area (Å²) in [7, 11) is -2.91. The Hall–Kier alpha value is -5.88. The number of nitrogens with two attached hydrogens (primary N) is 1. The van der Waals surface area contributed by atoms with Crippen molar-refractivity contribution in [2.24, 2.45) is 11.1 Å². The van der Waals surface area contributed by atoms with Crippen molar-refractivity contribution in [2.45, 2.75) is 74.3 Å². The summed E-state index contributed by atoms with van der Waals surface area (Å²) in [6.07, 6.45) is -1.66. The predicted octanol–water partition coefficient (Wildman–Crippen LogP) is 4.64. The summed E-state index contributed by atoms with van der Waals surface area (Å²) < 4.78 is 46.5. The molecule has 1 aromatic heterocycles. The molecule has 0 radical (unpaired) electrons. The molecule has 3 aromatic carbocycles. The standard InChI is InChI=1S/C45H51ClN6O10S/c1-6-43(28-44(43,47)40(56)51-63(58,59)33-16-11-8-12-17-33)39(55)45(50-41(57)62-42(2,3)4)24-32(27-52(45)38(54)18-13-21-48-26-30(53)25-46)61-37-23-35(29-14-9-7-10-15-29)49-36-22-31(60-5)19-20-34(36)37/h6-12,14-17,19-20,22-23,32,48H,1,13,18,21,24-28,47H2,2-5H3,(H,50,57)(H,51,56)/t32-,43+,44+,45+/m1/s1. The molecular formula is C45H51ClN6O10S. The van der Waals surface area contributed by atoms with Gasteiger partial charge in [-0.3, -0.25) is 24.5 Å². The maximum Gasteiger partial charge on any atom is 0.409 e. The zero-order valence-electron chi connectivity index (χ0n) is 35.4. The third-order valence-electron chi connectivity index (χ3n) is 11.0. The van der Waals surface area contributed by atoms with E-state index in [4.69, 9.17) is 36.5 Å². The molecule has 18 heteroatoms. The molecule has 1 saturated heterocycles. The highest BCUT2D eigenvalue weighted by Gasteiger charge is 2.77. The summed E-state index contributed by atoms with van der Waals surface area (Å²) >= 11 is 5.64. The van der Waals surface area contributed by atoms with Gasteiger partial charge in [-0.1, -0.05) is 54.6 Å². The molecule has 2 heterocycles. The number of carbonyl (C=O) groups excluding carboxylic acids is 5. The van der Waals surface area contributed by atoms with Gasteiger partial charge in [0.25, 0.3) is 15.9 Å². The van der Waals surface area contributed by atoms with Crippen LogP contribution in [0, 0.1) is 5.41 Å². The Labute approximate surface area is 370 Å². The molecule has 1 aliphatic heterocycles. The molecule has 16 nitrogen and oxygen atoms in total. The molecule has 1 saturated carbocycles. The maximum atomic E-state index is 15.6. The number of sulfonamides is 1. The van der Waals surface area contributed by atoms with E-state index >= 15 is 4.79 Å². The Morgan fingerprint density at radius 3 is 2.33 bits per heavy atom. The van der Waals surface area contributed by atoms with E-state index in [0.29, 0.717) is 28.1 Å². The fourth-order valence-corrected chi connectivity index (χ4v) is 8.94. The highest BCUT2D eigenvalue weighted by Crippen LogP contribution is 2.59. The van der Waals surface area contributed by atoms with Crippen LogP contribution in [0.5, 0.6) is 11.5 Å². The summed E-state index contributed by atoms with van der Waals surface area (Å²) in [4.78, 5) is 75.6. The number of ether oxygens (including phenoxy) is 3. The number of methoxy groups -OCH3 is 1. The van der Waals surface area contributed by atoms with Crippen LogP contribution in [0.2, 0.25) is 0 Å². The Morgan fingerprint density at radius 2 is 1.70 bits per heavy atom. The molecule has 1 aliphatic carbocycles. The van der Waals surface area contributed by atoms with Crippen LogP contribution in [-0.4, -0.2) is 103 Å². The number of fused-ring (bicyclic) bond motifs is 1. The largest absolute Gasteiger partial charge is 0.497 e. The first-order valence-corrected chi connectivity index (χ1v) is 22.2.